The molecule has 0 radical (unpaired) electrons. The first-order valence-corrected chi connectivity index (χ1v) is 7.61. The molecule has 0 saturated carbocycles. The predicted octanol–water partition coefficient (Wildman–Crippen LogP) is 4.17. The number of nitrogens with zero attached hydrogens (tertiary/aromatic N) is 3. The van der Waals surface area contributed by atoms with Crippen LogP contribution >= 0.6 is 0 Å². The number of anilines is 3. The summed E-state index contributed by atoms with van der Waals surface area (Å²) in [6.45, 7) is -0.873. The molecule has 0 aliphatic heterocycles. The number of hydrogen-bond acceptors (Lipinski definition) is 6. The van der Waals surface area contributed by atoms with Gasteiger partial charge in [-0.25, -0.2) is 0 Å². The van der Waals surface area contributed by atoms with Crippen LogP contribution in [0.3, 0.4) is 0 Å². The maximum absolute atomic E-state index is 12.5. The standard InChI is InChI=1S/C15H15F6N5O/c1-22-11-24-12(23-9-5-3-2-4-6-9)26-13(25-11)27-8-7-10(14(16,17)18)15(19,20)21/h2-6,10H,7-8H2,1H3,(H2,22,23,24,25,26). The number of nitrogens with one attached hydrogen (secondary N) is 2. The summed E-state index contributed by atoms with van der Waals surface area (Å²) < 4.78 is 80.1. The van der Waals surface area contributed by atoms with Crippen LogP contribution in [0.15, 0.2) is 30.3 Å². The van der Waals surface area contributed by atoms with Crippen LogP contribution in [0, 0.1) is 5.92 Å². The molecule has 0 amide bonds. The molecule has 1 aromatic carbocycles. The number of aromatic nitrogens is 3. The van der Waals surface area contributed by atoms with Crippen LogP contribution in [0.1, 0.15) is 6.42 Å². The van der Waals surface area contributed by atoms with Crippen LogP contribution in [0.25, 0.3) is 0 Å². The Morgan fingerprint density at radius 1 is 0.926 bits per heavy atom. The number of hydrogen-bond donors (Lipinski definition) is 2. The van der Waals surface area contributed by atoms with Crippen LogP contribution in [-0.4, -0.2) is 41.0 Å². The molecule has 0 atom stereocenters. The van der Waals surface area contributed by atoms with E-state index in [-0.39, 0.29) is 11.9 Å². The van der Waals surface area contributed by atoms with Gasteiger partial charge in [0.25, 0.3) is 0 Å². The van der Waals surface area contributed by atoms with Crippen LogP contribution in [0.4, 0.5) is 43.9 Å². The van der Waals surface area contributed by atoms with Gasteiger partial charge in [-0.3, -0.25) is 0 Å². The van der Waals surface area contributed by atoms with E-state index in [1.165, 1.54) is 7.05 Å². The Kier molecular flexibility index (Phi) is 6.28. The van der Waals surface area contributed by atoms with Gasteiger partial charge in [0, 0.05) is 19.2 Å². The van der Waals surface area contributed by atoms with Crippen molar-refractivity contribution in [2.45, 2.75) is 18.8 Å². The second-order valence-electron chi connectivity index (χ2n) is 5.28. The van der Waals surface area contributed by atoms with Gasteiger partial charge in [0.05, 0.1) is 6.61 Å². The van der Waals surface area contributed by atoms with E-state index in [9.17, 15) is 26.3 Å². The zero-order valence-corrected chi connectivity index (χ0v) is 13.9. The van der Waals surface area contributed by atoms with Crippen molar-refractivity contribution in [3.8, 4) is 6.01 Å². The summed E-state index contributed by atoms with van der Waals surface area (Å²) in [6.07, 6.45) is -12.2. The Morgan fingerprint density at radius 3 is 2.07 bits per heavy atom. The molecule has 12 heteroatoms. The van der Waals surface area contributed by atoms with Crippen molar-refractivity contribution in [1.29, 1.82) is 0 Å². The van der Waals surface area contributed by atoms with Crippen molar-refractivity contribution < 1.29 is 31.1 Å². The molecule has 0 spiro atoms. The number of para-hydroxylation sites is 1. The summed E-state index contributed by atoms with van der Waals surface area (Å²) in [6, 6.07) is 8.28. The highest BCUT2D eigenvalue weighted by Gasteiger charge is 2.56. The normalized spacial score (nSPS) is 12.1. The van der Waals surface area contributed by atoms with E-state index >= 15 is 0 Å². The molecule has 0 aliphatic carbocycles. The molecule has 27 heavy (non-hydrogen) atoms. The highest BCUT2D eigenvalue weighted by Crippen LogP contribution is 2.41. The third kappa shape index (κ3) is 6.15. The van der Waals surface area contributed by atoms with Gasteiger partial charge in [-0.15, -0.1) is 0 Å². The summed E-state index contributed by atoms with van der Waals surface area (Å²) in [5, 5.41) is 5.42. The first-order valence-electron chi connectivity index (χ1n) is 7.61. The van der Waals surface area contributed by atoms with Gasteiger partial charge in [0.15, 0.2) is 5.92 Å². The fraction of sp³-hybridized carbons (Fsp3) is 0.400. The minimum absolute atomic E-state index is 0.0127. The van der Waals surface area contributed by atoms with Crippen LogP contribution in [0.5, 0.6) is 6.01 Å². The largest absolute Gasteiger partial charge is 0.463 e. The molecule has 0 aliphatic rings. The van der Waals surface area contributed by atoms with Gasteiger partial charge < -0.3 is 15.4 Å². The lowest BCUT2D eigenvalue weighted by atomic mass is 10.1. The van der Waals surface area contributed by atoms with Crippen molar-refractivity contribution in [3.63, 3.8) is 0 Å². The highest BCUT2D eigenvalue weighted by atomic mass is 19.4. The second kappa shape index (κ2) is 8.27. The van der Waals surface area contributed by atoms with Gasteiger partial charge in [-0.1, -0.05) is 18.2 Å². The van der Waals surface area contributed by atoms with Crippen molar-refractivity contribution in [2.75, 3.05) is 24.3 Å². The Hall–Kier alpha value is -2.79. The summed E-state index contributed by atoms with van der Waals surface area (Å²) in [7, 11) is 1.48. The van der Waals surface area contributed by atoms with E-state index in [2.05, 4.69) is 25.6 Å². The number of alkyl halides is 6. The molecule has 6 nitrogen and oxygen atoms in total. The lowest BCUT2D eigenvalue weighted by Crippen LogP contribution is -2.37. The predicted molar refractivity (Wildman–Crippen MR) is 84.8 cm³/mol. The van der Waals surface area contributed by atoms with Crippen molar-refractivity contribution in [1.82, 2.24) is 15.0 Å². The van der Waals surface area contributed by atoms with E-state index in [0.29, 0.717) is 5.69 Å². The first-order chi connectivity index (χ1) is 12.6. The third-order valence-electron chi connectivity index (χ3n) is 3.30. The van der Waals surface area contributed by atoms with Gasteiger partial charge in [-0.2, -0.15) is 41.3 Å². The molecule has 1 aromatic heterocycles. The SMILES string of the molecule is CNc1nc(Nc2ccccc2)nc(OCCC(C(F)(F)F)C(F)(F)F)n1. The molecule has 2 rings (SSSR count). The number of ether oxygens (including phenoxy) is 1. The molecule has 0 fully saturated rings. The topological polar surface area (TPSA) is 72.0 Å². The maximum Gasteiger partial charge on any atom is 0.400 e. The Labute approximate surface area is 150 Å². The van der Waals surface area contributed by atoms with Gasteiger partial charge in [0.2, 0.25) is 11.9 Å². The highest BCUT2D eigenvalue weighted by molar-refractivity contribution is 5.53. The molecule has 1 heterocycles. The molecule has 2 N–H and O–H groups in total. The fourth-order valence-electron chi connectivity index (χ4n) is 2.02. The van der Waals surface area contributed by atoms with Gasteiger partial charge in [0.1, 0.15) is 0 Å². The second-order valence-corrected chi connectivity index (χ2v) is 5.28. The van der Waals surface area contributed by atoms with Gasteiger partial charge in [-0.05, 0) is 12.1 Å². The Balaban J connectivity index is 2.08. The summed E-state index contributed by atoms with van der Waals surface area (Å²) in [4.78, 5) is 11.6. The zero-order chi connectivity index (χ0) is 20.1. The summed E-state index contributed by atoms with van der Waals surface area (Å²) >= 11 is 0. The van der Waals surface area contributed by atoms with Crippen molar-refractivity contribution in [2.24, 2.45) is 5.92 Å². The van der Waals surface area contributed by atoms with E-state index in [1.54, 1.807) is 30.3 Å². The Bertz CT molecular complexity index is 724. The van der Waals surface area contributed by atoms with Gasteiger partial charge >= 0.3 is 18.4 Å². The Morgan fingerprint density at radius 2 is 1.52 bits per heavy atom. The molecule has 0 bridgehead atoms. The van der Waals surface area contributed by atoms with Crippen LogP contribution in [-0.2, 0) is 0 Å². The zero-order valence-electron chi connectivity index (χ0n) is 13.9. The minimum Gasteiger partial charge on any atom is -0.463 e. The van der Waals surface area contributed by atoms with E-state index in [0.717, 1.165) is 0 Å². The van der Waals surface area contributed by atoms with Crippen molar-refractivity contribution >= 4 is 17.6 Å². The first kappa shape index (κ1) is 20.5. The summed E-state index contributed by atoms with van der Waals surface area (Å²) in [5.74, 6) is -3.45. The molecule has 0 unspecified atom stereocenters. The lowest BCUT2D eigenvalue weighted by molar-refractivity contribution is -0.286. The van der Waals surface area contributed by atoms with E-state index in [1.807, 2.05) is 0 Å². The average molecular weight is 395 g/mol. The minimum atomic E-state index is -5.42. The average Bonchev–Trinajstić information content (AvgIpc) is 2.57. The third-order valence-corrected chi connectivity index (χ3v) is 3.30. The molecular weight excluding hydrogens is 380 g/mol. The maximum atomic E-state index is 12.5. The number of halogens is 6. The number of rotatable bonds is 7. The molecular formula is C15H15F6N5O. The molecule has 2 aromatic rings. The molecule has 0 saturated heterocycles. The van der Waals surface area contributed by atoms with Crippen LogP contribution in [0.2, 0.25) is 0 Å². The van der Waals surface area contributed by atoms with E-state index in [4.69, 9.17) is 4.74 Å². The quantitative estimate of drug-likeness (QED) is 0.686. The summed E-state index contributed by atoms with van der Waals surface area (Å²) in [5.41, 5.74) is 0.617. The monoisotopic (exact) mass is 395 g/mol. The molecule has 148 valence electrons. The lowest BCUT2D eigenvalue weighted by Gasteiger charge is -2.22. The smallest absolute Gasteiger partial charge is 0.400 e. The van der Waals surface area contributed by atoms with Crippen molar-refractivity contribution in [3.05, 3.63) is 30.3 Å². The van der Waals surface area contributed by atoms with Crippen LogP contribution < -0.4 is 15.4 Å². The van der Waals surface area contributed by atoms with E-state index < -0.39 is 37.3 Å². The number of benzene rings is 1. The fourth-order valence-corrected chi connectivity index (χ4v) is 2.02.